The van der Waals surface area contributed by atoms with Gasteiger partial charge in [0.15, 0.2) is 5.58 Å². The average Bonchev–Trinajstić information content (AvgIpc) is 3.04. The van der Waals surface area contributed by atoms with Crippen LogP contribution in [0.25, 0.3) is 11.0 Å². The van der Waals surface area contributed by atoms with E-state index in [2.05, 4.69) is 5.16 Å². The van der Waals surface area contributed by atoms with E-state index >= 15 is 0 Å². The highest BCUT2D eigenvalue weighted by Gasteiger charge is 2.38. The standard InChI is InChI=1S/C14H18N2O2/c1-17-10-4-5-12-11(8-10)13(16-18-12)14(9-15)6-2-3-7-14/h4-5,8H,2-3,6-7,9,15H2,1H3. The van der Waals surface area contributed by atoms with E-state index in [1.807, 2.05) is 18.2 Å². The first-order chi connectivity index (χ1) is 8.79. The van der Waals surface area contributed by atoms with Crippen molar-refractivity contribution in [1.29, 1.82) is 0 Å². The predicted molar refractivity (Wildman–Crippen MR) is 69.8 cm³/mol. The Kier molecular flexibility index (Phi) is 2.74. The summed E-state index contributed by atoms with van der Waals surface area (Å²) < 4.78 is 10.7. The van der Waals surface area contributed by atoms with Crippen molar-refractivity contribution in [2.24, 2.45) is 5.73 Å². The minimum atomic E-state index is -0.00237. The second-order valence-electron chi connectivity index (χ2n) is 5.08. The van der Waals surface area contributed by atoms with Gasteiger partial charge in [0.25, 0.3) is 0 Å². The molecule has 0 spiro atoms. The van der Waals surface area contributed by atoms with Gasteiger partial charge in [-0.05, 0) is 31.0 Å². The van der Waals surface area contributed by atoms with E-state index in [-0.39, 0.29) is 5.41 Å². The molecule has 0 amide bonds. The molecule has 4 nitrogen and oxygen atoms in total. The Morgan fingerprint density at radius 2 is 2.17 bits per heavy atom. The molecule has 1 aromatic heterocycles. The van der Waals surface area contributed by atoms with Crippen LogP contribution in [0.15, 0.2) is 22.7 Å². The van der Waals surface area contributed by atoms with Gasteiger partial charge in [0, 0.05) is 17.3 Å². The summed E-state index contributed by atoms with van der Waals surface area (Å²) in [5.74, 6) is 0.831. The van der Waals surface area contributed by atoms with Gasteiger partial charge in [0.05, 0.1) is 12.8 Å². The van der Waals surface area contributed by atoms with Crippen molar-refractivity contribution in [3.8, 4) is 5.75 Å². The quantitative estimate of drug-likeness (QED) is 0.904. The monoisotopic (exact) mass is 246 g/mol. The molecule has 2 N–H and O–H groups in total. The SMILES string of the molecule is COc1ccc2onc(C3(CN)CCCC3)c2c1. The van der Waals surface area contributed by atoms with Gasteiger partial charge in [-0.15, -0.1) is 0 Å². The molecule has 18 heavy (non-hydrogen) atoms. The molecule has 1 fully saturated rings. The van der Waals surface area contributed by atoms with Crippen LogP contribution in [0.5, 0.6) is 5.75 Å². The van der Waals surface area contributed by atoms with Crippen LogP contribution >= 0.6 is 0 Å². The lowest BCUT2D eigenvalue weighted by atomic mass is 9.81. The third-order valence-corrected chi connectivity index (χ3v) is 4.13. The van der Waals surface area contributed by atoms with Gasteiger partial charge >= 0.3 is 0 Å². The van der Waals surface area contributed by atoms with Crippen LogP contribution in [0.3, 0.4) is 0 Å². The Balaban J connectivity index is 2.16. The van der Waals surface area contributed by atoms with Crippen molar-refractivity contribution in [2.75, 3.05) is 13.7 Å². The van der Waals surface area contributed by atoms with Crippen LogP contribution in [0.2, 0.25) is 0 Å². The highest BCUT2D eigenvalue weighted by molar-refractivity contribution is 5.82. The van der Waals surface area contributed by atoms with Crippen molar-refractivity contribution in [1.82, 2.24) is 5.16 Å². The number of benzene rings is 1. The Morgan fingerprint density at radius 3 is 2.83 bits per heavy atom. The number of methoxy groups -OCH3 is 1. The fourth-order valence-corrected chi connectivity index (χ4v) is 3.02. The molecule has 0 saturated heterocycles. The normalized spacial score (nSPS) is 18.3. The summed E-state index contributed by atoms with van der Waals surface area (Å²) in [5, 5.41) is 5.33. The Bertz CT molecular complexity index is 556. The number of hydrogen-bond acceptors (Lipinski definition) is 4. The molecular weight excluding hydrogens is 228 g/mol. The van der Waals surface area contributed by atoms with E-state index < -0.39 is 0 Å². The van der Waals surface area contributed by atoms with Crippen molar-refractivity contribution in [3.63, 3.8) is 0 Å². The molecule has 1 aliphatic carbocycles. The van der Waals surface area contributed by atoms with Crippen LogP contribution in [-0.4, -0.2) is 18.8 Å². The van der Waals surface area contributed by atoms with Crippen LogP contribution in [0.4, 0.5) is 0 Å². The van der Waals surface area contributed by atoms with Gasteiger partial charge in [-0.25, -0.2) is 0 Å². The lowest BCUT2D eigenvalue weighted by Crippen LogP contribution is -2.32. The fourth-order valence-electron chi connectivity index (χ4n) is 3.02. The Morgan fingerprint density at radius 1 is 1.39 bits per heavy atom. The van der Waals surface area contributed by atoms with E-state index in [0.717, 1.165) is 35.3 Å². The lowest BCUT2D eigenvalue weighted by Gasteiger charge is -2.24. The molecule has 0 atom stereocenters. The smallest absolute Gasteiger partial charge is 0.167 e. The van der Waals surface area contributed by atoms with Crippen molar-refractivity contribution in [3.05, 3.63) is 23.9 Å². The zero-order valence-corrected chi connectivity index (χ0v) is 10.6. The van der Waals surface area contributed by atoms with Gasteiger partial charge in [0.1, 0.15) is 5.75 Å². The zero-order valence-electron chi connectivity index (χ0n) is 10.6. The van der Waals surface area contributed by atoms with E-state index in [9.17, 15) is 0 Å². The molecule has 4 heteroatoms. The number of hydrogen-bond donors (Lipinski definition) is 1. The first-order valence-electron chi connectivity index (χ1n) is 6.43. The molecular formula is C14H18N2O2. The summed E-state index contributed by atoms with van der Waals surface area (Å²) in [7, 11) is 1.67. The maximum atomic E-state index is 6.01. The molecule has 0 aliphatic heterocycles. The number of rotatable bonds is 3. The summed E-state index contributed by atoms with van der Waals surface area (Å²) in [4.78, 5) is 0. The van der Waals surface area contributed by atoms with Gasteiger partial charge in [-0.1, -0.05) is 18.0 Å². The van der Waals surface area contributed by atoms with Crippen LogP contribution in [-0.2, 0) is 5.41 Å². The van der Waals surface area contributed by atoms with E-state index in [1.165, 1.54) is 12.8 Å². The highest BCUT2D eigenvalue weighted by atomic mass is 16.5. The molecule has 3 rings (SSSR count). The van der Waals surface area contributed by atoms with Gasteiger partial charge in [-0.2, -0.15) is 0 Å². The van der Waals surface area contributed by atoms with E-state index in [0.29, 0.717) is 6.54 Å². The maximum absolute atomic E-state index is 6.01. The van der Waals surface area contributed by atoms with Gasteiger partial charge < -0.3 is 15.0 Å². The molecule has 96 valence electrons. The van der Waals surface area contributed by atoms with Crippen LogP contribution in [0.1, 0.15) is 31.4 Å². The number of aromatic nitrogens is 1. The fraction of sp³-hybridized carbons (Fsp3) is 0.500. The average molecular weight is 246 g/mol. The predicted octanol–water partition coefficient (Wildman–Crippen LogP) is 2.61. The van der Waals surface area contributed by atoms with Crippen molar-refractivity contribution < 1.29 is 9.26 Å². The molecule has 0 bridgehead atoms. The zero-order chi connectivity index (χ0) is 12.6. The van der Waals surface area contributed by atoms with Crippen LogP contribution in [0, 0.1) is 0 Å². The molecule has 0 radical (unpaired) electrons. The Labute approximate surface area is 106 Å². The minimum absolute atomic E-state index is 0.00237. The number of nitrogens with two attached hydrogens (primary N) is 1. The number of fused-ring (bicyclic) bond motifs is 1. The second-order valence-corrected chi connectivity index (χ2v) is 5.08. The molecule has 0 unspecified atom stereocenters. The Hall–Kier alpha value is -1.55. The maximum Gasteiger partial charge on any atom is 0.167 e. The summed E-state index contributed by atoms with van der Waals surface area (Å²) >= 11 is 0. The van der Waals surface area contributed by atoms with Crippen LogP contribution < -0.4 is 10.5 Å². The number of nitrogens with zero attached hydrogens (tertiary/aromatic N) is 1. The first kappa shape index (κ1) is 11.5. The summed E-state index contributed by atoms with van der Waals surface area (Å²) in [6.07, 6.45) is 4.63. The summed E-state index contributed by atoms with van der Waals surface area (Å²) in [5.41, 5.74) is 7.83. The molecule has 2 aromatic rings. The van der Waals surface area contributed by atoms with E-state index in [1.54, 1.807) is 7.11 Å². The van der Waals surface area contributed by atoms with E-state index in [4.69, 9.17) is 15.0 Å². The molecule has 1 saturated carbocycles. The topological polar surface area (TPSA) is 61.3 Å². The second kappa shape index (κ2) is 4.28. The third kappa shape index (κ3) is 1.60. The number of ether oxygens (including phenoxy) is 1. The van der Waals surface area contributed by atoms with Crippen molar-refractivity contribution in [2.45, 2.75) is 31.1 Å². The lowest BCUT2D eigenvalue weighted by molar-refractivity contribution is 0.382. The largest absolute Gasteiger partial charge is 0.497 e. The van der Waals surface area contributed by atoms with Gasteiger partial charge in [-0.3, -0.25) is 0 Å². The summed E-state index contributed by atoms with van der Waals surface area (Å²) in [6.45, 7) is 0.631. The third-order valence-electron chi connectivity index (χ3n) is 4.13. The summed E-state index contributed by atoms with van der Waals surface area (Å²) in [6, 6.07) is 5.79. The molecule has 1 aromatic carbocycles. The van der Waals surface area contributed by atoms with Crippen molar-refractivity contribution >= 4 is 11.0 Å². The van der Waals surface area contributed by atoms with Gasteiger partial charge in [0.2, 0.25) is 0 Å². The highest BCUT2D eigenvalue weighted by Crippen LogP contribution is 2.42. The molecule has 1 aliphatic rings. The molecule has 1 heterocycles. The first-order valence-corrected chi connectivity index (χ1v) is 6.43. The minimum Gasteiger partial charge on any atom is -0.497 e.